The molecule has 0 radical (unpaired) electrons. The van der Waals surface area contributed by atoms with E-state index in [1.54, 1.807) is 0 Å². The topological polar surface area (TPSA) is 72.8 Å². The van der Waals surface area contributed by atoms with E-state index < -0.39 is 11.9 Å². The molecule has 0 unspecified atom stereocenters. The molecule has 1 N–H and O–H groups in total. The zero-order chi connectivity index (χ0) is 12.1. The van der Waals surface area contributed by atoms with Crippen molar-refractivity contribution in [2.45, 2.75) is 6.42 Å². The number of benzene rings is 1. The van der Waals surface area contributed by atoms with Crippen molar-refractivity contribution in [3.63, 3.8) is 0 Å². The molecule has 0 spiro atoms. The normalized spacial score (nSPS) is 9.62. The van der Waals surface area contributed by atoms with Gasteiger partial charge in [0.25, 0.3) is 0 Å². The number of carbonyl (C=O) groups is 2. The molecule has 1 rings (SSSR count). The number of hydrogen-bond donors (Lipinski definition) is 1. The molecule has 1 aromatic carbocycles. The van der Waals surface area contributed by atoms with Gasteiger partial charge in [-0.1, -0.05) is 0 Å². The van der Waals surface area contributed by atoms with Gasteiger partial charge in [0.15, 0.2) is 0 Å². The number of carboxylic acids is 1. The molecule has 0 aliphatic heterocycles. The van der Waals surface area contributed by atoms with E-state index in [9.17, 15) is 9.59 Å². The maximum atomic E-state index is 11.1. The standard InChI is InChI=1S/C11H12O5/c1-15-8-3-4-9(11(13)14)7(5-8)6-10(12)16-2/h3-5H,6H2,1-2H3,(H,13,14). The lowest BCUT2D eigenvalue weighted by molar-refractivity contribution is -0.139. The zero-order valence-electron chi connectivity index (χ0n) is 9.02. The smallest absolute Gasteiger partial charge is 0.335 e. The second-order valence-electron chi connectivity index (χ2n) is 3.08. The molecule has 0 heterocycles. The van der Waals surface area contributed by atoms with Crippen LogP contribution in [0.3, 0.4) is 0 Å². The van der Waals surface area contributed by atoms with Crippen molar-refractivity contribution in [1.82, 2.24) is 0 Å². The fraction of sp³-hybridized carbons (Fsp3) is 0.273. The fourth-order valence-corrected chi connectivity index (χ4v) is 1.28. The van der Waals surface area contributed by atoms with Gasteiger partial charge in [-0.2, -0.15) is 0 Å². The van der Waals surface area contributed by atoms with Crippen molar-refractivity contribution in [3.05, 3.63) is 29.3 Å². The zero-order valence-corrected chi connectivity index (χ0v) is 9.02. The summed E-state index contributed by atoms with van der Waals surface area (Å²) in [4.78, 5) is 22.0. The van der Waals surface area contributed by atoms with Gasteiger partial charge in [-0.3, -0.25) is 4.79 Å². The lowest BCUT2D eigenvalue weighted by atomic mass is 10.0. The number of carbonyl (C=O) groups excluding carboxylic acids is 1. The maximum Gasteiger partial charge on any atom is 0.335 e. The average molecular weight is 224 g/mol. The van der Waals surface area contributed by atoms with Crippen LogP contribution < -0.4 is 4.74 Å². The number of rotatable bonds is 4. The van der Waals surface area contributed by atoms with E-state index in [4.69, 9.17) is 9.84 Å². The SMILES string of the molecule is COC(=O)Cc1cc(OC)ccc1C(=O)O. The van der Waals surface area contributed by atoms with Crippen LogP contribution in [-0.4, -0.2) is 31.3 Å². The van der Waals surface area contributed by atoms with Crippen molar-refractivity contribution in [3.8, 4) is 5.75 Å². The van der Waals surface area contributed by atoms with E-state index in [1.807, 2.05) is 0 Å². The Bertz CT molecular complexity index is 411. The molecule has 0 bridgehead atoms. The third kappa shape index (κ3) is 2.73. The van der Waals surface area contributed by atoms with Gasteiger partial charge >= 0.3 is 11.9 Å². The minimum Gasteiger partial charge on any atom is -0.497 e. The lowest BCUT2D eigenvalue weighted by Gasteiger charge is -2.07. The molecule has 5 heteroatoms. The van der Waals surface area contributed by atoms with Crippen LogP contribution in [0.2, 0.25) is 0 Å². The summed E-state index contributed by atoms with van der Waals surface area (Å²) in [6.45, 7) is 0. The van der Waals surface area contributed by atoms with Gasteiger partial charge in [0.1, 0.15) is 5.75 Å². The highest BCUT2D eigenvalue weighted by molar-refractivity contribution is 5.91. The molecule has 0 aliphatic carbocycles. The van der Waals surface area contributed by atoms with E-state index in [0.717, 1.165) is 0 Å². The van der Waals surface area contributed by atoms with Crippen molar-refractivity contribution in [2.75, 3.05) is 14.2 Å². The quantitative estimate of drug-likeness (QED) is 0.775. The molecule has 0 saturated carbocycles. The molecule has 0 amide bonds. The molecule has 0 atom stereocenters. The fourth-order valence-electron chi connectivity index (χ4n) is 1.28. The first-order valence-electron chi connectivity index (χ1n) is 4.55. The van der Waals surface area contributed by atoms with Crippen LogP contribution in [0.1, 0.15) is 15.9 Å². The second kappa shape index (κ2) is 5.16. The third-order valence-corrected chi connectivity index (χ3v) is 2.11. The van der Waals surface area contributed by atoms with Crippen molar-refractivity contribution >= 4 is 11.9 Å². The highest BCUT2D eigenvalue weighted by atomic mass is 16.5. The summed E-state index contributed by atoms with van der Waals surface area (Å²) < 4.78 is 9.45. The van der Waals surface area contributed by atoms with Gasteiger partial charge < -0.3 is 14.6 Å². The highest BCUT2D eigenvalue weighted by Gasteiger charge is 2.14. The monoisotopic (exact) mass is 224 g/mol. The number of ether oxygens (including phenoxy) is 2. The number of aromatic carboxylic acids is 1. The Morgan fingerprint density at radius 3 is 2.50 bits per heavy atom. The summed E-state index contributed by atoms with van der Waals surface area (Å²) in [5.74, 6) is -1.07. The van der Waals surface area contributed by atoms with Crippen LogP contribution in [-0.2, 0) is 16.0 Å². The number of carboxylic acid groups (broad SMARTS) is 1. The van der Waals surface area contributed by atoms with Crippen molar-refractivity contribution in [2.24, 2.45) is 0 Å². The van der Waals surface area contributed by atoms with Gasteiger partial charge in [-0.15, -0.1) is 0 Å². The number of hydrogen-bond acceptors (Lipinski definition) is 4. The van der Waals surface area contributed by atoms with Gasteiger partial charge in [0.05, 0.1) is 26.2 Å². The predicted octanol–water partition coefficient (Wildman–Crippen LogP) is 1.11. The molecule has 86 valence electrons. The number of methoxy groups -OCH3 is 2. The molecule has 16 heavy (non-hydrogen) atoms. The van der Waals surface area contributed by atoms with Crippen LogP contribution >= 0.6 is 0 Å². The molecular formula is C11H12O5. The Labute approximate surface area is 92.6 Å². The number of esters is 1. The first-order valence-corrected chi connectivity index (χ1v) is 4.55. The van der Waals surface area contributed by atoms with Crippen molar-refractivity contribution in [1.29, 1.82) is 0 Å². The van der Waals surface area contributed by atoms with E-state index in [0.29, 0.717) is 11.3 Å². The Hall–Kier alpha value is -2.04. The summed E-state index contributed by atoms with van der Waals surface area (Å²) in [6.07, 6.45) is -0.0880. The Kier molecular flexibility index (Phi) is 3.88. The Morgan fingerprint density at radius 2 is 2.00 bits per heavy atom. The molecule has 5 nitrogen and oxygen atoms in total. The van der Waals surface area contributed by atoms with Gasteiger partial charge in [-0.25, -0.2) is 4.79 Å². The van der Waals surface area contributed by atoms with Crippen LogP contribution in [0.4, 0.5) is 0 Å². The summed E-state index contributed by atoms with van der Waals surface area (Å²) in [6, 6.07) is 4.45. The predicted molar refractivity (Wildman–Crippen MR) is 55.7 cm³/mol. The lowest BCUT2D eigenvalue weighted by Crippen LogP contribution is -2.10. The third-order valence-electron chi connectivity index (χ3n) is 2.11. The average Bonchev–Trinajstić information content (AvgIpc) is 2.28. The molecule has 0 aromatic heterocycles. The summed E-state index contributed by atoms with van der Waals surface area (Å²) >= 11 is 0. The van der Waals surface area contributed by atoms with Crippen LogP contribution in [0.25, 0.3) is 0 Å². The van der Waals surface area contributed by atoms with Gasteiger partial charge in [0.2, 0.25) is 0 Å². The van der Waals surface area contributed by atoms with Crippen LogP contribution in [0, 0.1) is 0 Å². The largest absolute Gasteiger partial charge is 0.497 e. The Morgan fingerprint density at radius 1 is 1.31 bits per heavy atom. The molecule has 1 aromatic rings. The second-order valence-corrected chi connectivity index (χ2v) is 3.08. The first kappa shape index (κ1) is 12.0. The van der Waals surface area contributed by atoms with E-state index in [2.05, 4.69) is 4.74 Å². The minimum atomic E-state index is -1.08. The molecule has 0 aliphatic rings. The summed E-state index contributed by atoms with van der Waals surface area (Å²) in [7, 11) is 2.72. The van der Waals surface area contributed by atoms with E-state index in [1.165, 1.54) is 32.4 Å². The highest BCUT2D eigenvalue weighted by Crippen LogP contribution is 2.18. The first-order chi connectivity index (χ1) is 7.58. The van der Waals surface area contributed by atoms with Gasteiger partial charge in [0, 0.05) is 0 Å². The summed E-state index contributed by atoms with van der Waals surface area (Å²) in [5, 5.41) is 8.92. The van der Waals surface area contributed by atoms with Crippen LogP contribution in [0.15, 0.2) is 18.2 Å². The summed E-state index contributed by atoms with van der Waals surface area (Å²) in [5.41, 5.74) is 0.449. The van der Waals surface area contributed by atoms with Crippen LogP contribution in [0.5, 0.6) is 5.75 Å². The molecular weight excluding hydrogens is 212 g/mol. The van der Waals surface area contributed by atoms with Crippen molar-refractivity contribution < 1.29 is 24.2 Å². The minimum absolute atomic E-state index is 0.0752. The Balaban J connectivity index is 3.10. The maximum absolute atomic E-state index is 11.1. The van der Waals surface area contributed by atoms with Gasteiger partial charge in [-0.05, 0) is 23.8 Å². The van der Waals surface area contributed by atoms with E-state index >= 15 is 0 Å². The van der Waals surface area contributed by atoms with E-state index in [-0.39, 0.29) is 12.0 Å². The molecule has 0 fully saturated rings. The molecule has 0 saturated heterocycles.